The molecule has 1 unspecified atom stereocenters. The Kier molecular flexibility index (Phi) is 6.60. The summed E-state index contributed by atoms with van der Waals surface area (Å²) in [5.41, 5.74) is 0.959. The third kappa shape index (κ3) is 5.05. The average molecular weight is 311 g/mol. The molecule has 21 heavy (non-hydrogen) atoms. The monoisotopic (exact) mass is 311 g/mol. The van der Waals surface area contributed by atoms with Crippen LogP contribution in [0.2, 0.25) is 0 Å². The molecule has 2 rings (SSSR count). The molecule has 1 N–H and O–H groups in total. The lowest BCUT2D eigenvalue weighted by atomic mass is 10.0. The first-order valence-corrected chi connectivity index (χ1v) is 8.68. The van der Waals surface area contributed by atoms with E-state index < -0.39 is 0 Å². The second-order valence-electron chi connectivity index (χ2n) is 5.34. The van der Waals surface area contributed by atoms with E-state index in [0.717, 1.165) is 31.9 Å². The van der Waals surface area contributed by atoms with E-state index in [2.05, 4.69) is 22.1 Å². The summed E-state index contributed by atoms with van der Waals surface area (Å²) in [6.45, 7) is 8.33. The molecule has 0 saturated carbocycles. The molecule has 1 aliphatic rings. The summed E-state index contributed by atoms with van der Waals surface area (Å²) in [7, 11) is 0. The summed E-state index contributed by atoms with van der Waals surface area (Å²) in [6, 6.07) is 0.585. The summed E-state index contributed by atoms with van der Waals surface area (Å²) in [4.78, 5) is 18.4. The van der Waals surface area contributed by atoms with Crippen molar-refractivity contribution < 1.29 is 9.53 Å². The summed E-state index contributed by atoms with van der Waals surface area (Å²) in [5.74, 6) is -0.314. The van der Waals surface area contributed by atoms with Crippen molar-refractivity contribution in [2.24, 2.45) is 0 Å². The zero-order chi connectivity index (χ0) is 15.1. The van der Waals surface area contributed by atoms with Gasteiger partial charge < -0.3 is 10.1 Å². The number of carbonyl (C=O) groups is 1. The van der Waals surface area contributed by atoms with Crippen LogP contribution in [0.5, 0.6) is 0 Å². The first kappa shape index (κ1) is 16.4. The van der Waals surface area contributed by atoms with Crippen molar-refractivity contribution in [3.8, 4) is 0 Å². The molecule has 0 spiro atoms. The molecule has 6 heteroatoms. The van der Waals surface area contributed by atoms with Gasteiger partial charge in [0, 0.05) is 24.5 Å². The Labute approximate surface area is 130 Å². The van der Waals surface area contributed by atoms with Crippen LogP contribution in [0.3, 0.4) is 0 Å². The number of carbonyl (C=O) groups excluding carboxylic acids is 1. The first-order chi connectivity index (χ1) is 10.2. The van der Waals surface area contributed by atoms with Gasteiger partial charge in [-0.25, -0.2) is 9.78 Å². The summed E-state index contributed by atoms with van der Waals surface area (Å²) < 4.78 is 4.98. The minimum absolute atomic E-state index is 0.314. The van der Waals surface area contributed by atoms with Gasteiger partial charge in [0.2, 0.25) is 5.01 Å². The van der Waals surface area contributed by atoms with Gasteiger partial charge in [-0.05, 0) is 32.9 Å². The molecule has 0 aromatic carbocycles. The number of hydrogen-bond acceptors (Lipinski definition) is 6. The van der Waals surface area contributed by atoms with Gasteiger partial charge in [0.25, 0.3) is 0 Å². The third-order valence-electron chi connectivity index (χ3n) is 3.73. The molecule has 0 amide bonds. The van der Waals surface area contributed by atoms with Crippen molar-refractivity contribution in [2.45, 2.75) is 45.7 Å². The van der Waals surface area contributed by atoms with E-state index in [-0.39, 0.29) is 5.97 Å². The SMILES string of the molecule is CCOC(=O)c1nc(CN(CC)CC2CCCCN2)cs1. The number of thiazole rings is 1. The van der Waals surface area contributed by atoms with Crippen LogP contribution < -0.4 is 5.32 Å². The Bertz CT molecular complexity index is 444. The van der Waals surface area contributed by atoms with Gasteiger partial charge in [-0.1, -0.05) is 13.3 Å². The van der Waals surface area contributed by atoms with Crippen molar-refractivity contribution >= 4 is 17.3 Å². The zero-order valence-corrected chi connectivity index (χ0v) is 13.7. The largest absolute Gasteiger partial charge is 0.461 e. The Morgan fingerprint density at radius 2 is 2.38 bits per heavy atom. The molecule has 0 radical (unpaired) electrons. The molecule has 5 nitrogen and oxygen atoms in total. The Morgan fingerprint density at radius 3 is 3.05 bits per heavy atom. The Balaban J connectivity index is 1.87. The predicted octanol–water partition coefficient (Wildman–Crippen LogP) is 2.28. The number of nitrogens with zero attached hydrogens (tertiary/aromatic N) is 2. The summed E-state index contributed by atoms with van der Waals surface area (Å²) in [5, 5.41) is 5.99. The van der Waals surface area contributed by atoms with Gasteiger partial charge >= 0.3 is 5.97 Å². The molecular weight excluding hydrogens is 286 g/mol. The van der Waals surface area contributed by atoms with Gasteiger partial charge in [0.05, 0.1) is 12.3 Å². The van der Waals surface area contributed by atoms with Crippen molar-refractivity contribution in [1.29, 1.82) is 0 Å². The van der Waals surface area contributed by atoms with Crippen LogP contribution in [0.25, 0.3) is 0 Å². The molecule has 0 aliphatic carbocycles. The molecule has 1 aliphatic heterocycles. The van der Waals surface area contributed by atoms with Crippen LogP contribution in [0.4, 0.5) is 0 Å². The maximum absolute atomic E-state index is 11.6. The van der Waals surface area contributed by atoms with Crippen LogP contribution >= 0.6 is 11.3 Å². The van der Waals surface area contributed by atoms with Gasteiger partial charge in [-0.2, -0.15) is 0 Å². The van der Waals surface area contributed by atoms with E-state index in [1.54, 1.807) is 0 Å². The van der Waals surface area contributed by atoms with E-state index in [1.165, 1.54) is 30.6 Å². The quantitative estimate of drug-likeness (QED) is 0.783. The van der Waals surface area contributed by atoms with Crippen LogP contribution in [-0.2, 0) is 11.3 Å². The lowest BCUT2D eigenvalue weighted by Gasteiger charge is -2.29. The minimum Gasteiger partial charge on any atom is -0.461 e. The predicted molar refractivity (Wildman–Crippen MR) is 84.7 cm³/mol. The van der Waals surface area contributed by atoms with E-state index in [9.17, 15) is 4.79 Å². The fraction of sp³-hybridized carbons (Fsp3) is 0.733. The number of aromatic nitrogens is 1. The van der Waals surface area contributed by atoms with E-state index in [4.69, 9.17) is 4.74 Å². The smallest absolute Gasteiger partial charge is 0.367 e. The molecule has 2 heterocycles. The second-order valence-corrected chi connectivity index (χ2v) is 6.20. The van der Waals surface area contributed by atoms with Crippen molar-refractivity contribution in [2.75, 3.05) is 26.2 Å². The number of esters is 1. The molecule has 118 valence electrons. The first-order valence-electron chi connectivity index (χ1n) is 7.80. The van der Waals surface area contributed by atoms with Crippen LogP contribution in [0, 0.1) is 0 Å². The molecule has 0 bridgehead atoms. The number of nitrogens with one attached hydrogen (secondary N) is 1. The lowest BCUT2D eigenvalue weighted by molar-refractivity contribution is 0.0525. The number of likely N-dealkylation sites (N-methyl/N-ethyl adjacent to an activating group) is 1. The average Bonchev–Trinajstić information content (AvgIpc) is 2.96. The fourth-order valence-corrected chi connectivity index (χ4v) is 3.29. The third-order valence-corrected chi connectivity index (χ3v) is 4.60. The standard InChI is InChI=1S/C15H25N3O2S/c1-3-18(9-12-7-5-6-8-16-12)10-13-11-21-14(17-13)15(19)20-4-2/h11-12,16H,3-10H2,1-2H3. The van der Waals surface area contributed by atoms with Crippen molar-refractivity contribution in [1.82, 2.24) is 15.2 Å². The molecule has 1 aromatic rings. The molecule has 1 atom stereocenters. The Morgan fingerprint density at radius 1 is 1.52 bits per heavy atom. The second kappa shape index (κ2) is 8.46. The highest BCUT2D eigenvalue weighted by molar-refractivity contribution is 7.11. The highest BCUT2D eigenvalue weighted by Crippen LogP contribution is 2.14. The van der Waals surface area contributed by atoms with Crippen molar-refractivity contribution in [3.05, 3.63) is 16.1 Å². The molecule has 1 saturated heterocycles. The van der Waals surface area contributed by atoms with Crippen LogP contribution in [-0.4, -0.2) is 48.1 Å². The summed E-state index contributed by atoms with van der Waals surface area (Å²) in [6.07, 6.45) is 3.86. The van der Waals surface area contributed by atoms with E-state index >= 15 is 0 Å². The zero-order valence-electron chi connectivity index (χ0n) is 12.9. The van der Waals surface area contributed by atoms with Gasteiger partial charge in [0.1, 0.15) is 0 Å². The fourth-order valence-electron chi connectivity index (χ4n) is 2.59. The molecular formula is C15H25N3O2S. The molecule has 1 fully saturated rings. The maximum Gasteiger partial charge on any atom is 0.367 e. The lowest BCUT2D eigenvalue weighted by Crippen LogP contribution is -2.43. The number of hydrogen-bond donors (Lipinski definition) is 1. The van der Waals surface area contributed by atoms with Crippen LogP contribution in [0.15, 0.2) is 5.38 Å². The van der Waals surface area contributed by atoms with E-state index in [1.807, 2.05) is 12.3 Å². The van der Waals surface area contributed by atoms with E-state index in [0.29, 0.717) is 17.7 Å². The summed E-state index contributed by atoms with van der Waals surface area (Å²) >= 11 is 1.37. The van der Waals surface area contributed by atoms with Gasteiger partial charge in [0.15, 0.2) is 0 Å². The molecule has 1 aromatic heterocycles. The van der Waals surface area contributed by atoms with Gasteiger partial charge in [-0.3, -0.25) is 4.90 Å². The van der Waals surface area contributed by atoms with Crippen molar-refractivity contribution in [3.63, 3.8) is 0 Å². The number of ether oxygens (including phenoxy) is 1. The normalized spacial score (nSPS) is 18.9. The Hall–Kier alpha value is -0.980. The highest BCUT2D eigenvalue weighted by Gasteiger charge is 2.18. The van der Waals surface area contributed by atoms with Crippen LogP contribution in [0.1, 0.15) is 48.6 Å². The maximum atomic E-state index is 11.6. The topological polar surface area (TPSA) is 54.5 Å². The van der Waals surface area contributed by atoms with Gasteiger partial charge in [-0.15, -0.1) is 11.3 Å². The highest BCUT2D eigenvalue weighted by atomic mass is 32.1. The number of piperidine rings is 1. The number of rotatable bonds is 7. The minimum atomic E-state index is -0.314.